The Morgan fingerprint density at radius 3 is 2.46 bits per heavy atom. The average molecular weight is 480 g/mol. The minimum absolute atomic E-state index is 0.120. The van der Waals surface area contributed by atoms with E-state index in [1.165, 1.54) is 18.4 Å². The summed E-state index contributed by atoms with van der Waals surface area (Å²) in [4.78, 5) is 13.3. The van der Waals surface area contributed by atoms with E-state index in [2.05, 4.69) is 19.2 Å². The fourth-order valence-corrected chi connectivity index (χ4v) is 5.11. The lowest BCUT2D eigenvalue weighted by Gasteiger charge is -2.39. The van der Waals surface area contributed by atoms with Crippen LogP contribution in [0.1, 0.15) is 66.8 Å². The summed E-state index contributed by atoms with van der Waals surface area (Å²) in [7, 11) is 1.62. The van der Waals surface area contributed by atoms with Gasteiger partial charge in [-0.1, -0.05) is 24.3 Å². The monoisotopic (exact) mass is 479 g/mol. The predicted molar refractivity (Wildman–Crippen MR) is 133 cm³/mol. The highest BCUT2D eigenvalue weighted by atomic mass is 19.1. The maximum atomic E-state index is 13.7. The lowest BCUT2D eigenvalue weighted by molar-refractivity contribution is -0.0772. The Bertz CT molecular complexity index is 1080. The number of benzene rings is 2. The molecule has 186 valence electrons. The summed E-state index contributed by atoms with van der Waals surface area (Å²) >= 11 is 0. The quantitative estimate of drug-likeness (QED) is 0.345. The van der Waals surface area contributed by atoms with Gasteiger partial charge < -0.3 is 19.2 Å². The maximum absolute atomic E-state index is 13.7. The summed E-state index contributed by atoms with van der Waals surface area (Å²) in [6.07, 6.45) is 4.21. The largest absolute Gasteiger partial charge is 0.497 e. The lowest BCUT2D eigenvalue weighted by atomic mass is 9.75. The minimum atomic E-state index is -0.549. The molecule has 0 saturated carbocycles. The molecule has 35 heavy (non-hydrogen) atoms. The van der Waals surface area contributed by atoms with Crippen molar-refractivity contribution < 1.29 is 23.1 Å². The van der Waals surface area contributed by atoms with Gasteiger partial charge in [-0.05, 0) is 99.0 Å². The molecule has 1 aliphatic rings. The molecule has 0 aliphatic carbocycles. The van der Waals surface area contributed by atoms with Crippen molar-refractivity contribution in [2.45, 2.75) is 50.7 Å². The lowest BCUT2D eigenvalue weighted by Crippen LogP contribution is -2.37. The van der Waals surface area contributed by atoms with E-state index in [9.17, 15) is 9.18 Å². The van der Waals surface area contributed by atoms with Crippen molar-refractivity contribution in [2.24, 2.45) is 5.92 Å². The fourth-order valence-electron chi connectivity index (χ4n) is 5.11. The van der Waals surface area contributed by atoms with Gasteiger partial charge in [0.15, 0.2) is 5.76 Å². The van der Waals surface area contributed by atoms with Crippen molar-refractivity contribution in [2.75, 3.05) is 20.3 Å². The Hall–Kier alpha value is -2.96. The molecule has 2 aromatic carbocycles. The Balaban J connectivity index is 1.53. The second-order valence-corrected chi connectivity index (χ2v) is 9.81. The molecule has 4 rings (SSSR count). The average Bonchev–Trinajstić information content (AvgIpc) is 3.39. The van der Waals surface area contributed by atoms with Crippen molar-refractivity contribution in [1.82, 2.24) is 5.32 Å². The summed E-state index contributed by atoms with van der Waals surface area (Å²) in [6, 6.07) is 17.2. The molecular formula is C29H34FNO4. The summed E-state index contributed by atoms with van der Waals surface area (Å²) < 4.78 is 30.3. The maximum Gasteiger partial charge on any atom is 0.219 e. The summed E-state index contributed by atoms with van der Waals surface area (Å²) in [5, 5.41) is 3.48. The zero-order chi connectivity index (χ0) is 24.8. The Morgan fingerprint density at radius 2 is 1.83 bits per heavy atom. The van der Waals surface area contributed by atoms with Crippen molar-refractivity contribution in [3.63, 3.8) is 0 Å². The van der Waals surface area contributed by atoms with Gasteiger partial charge in [-0.2, -0.15) is 0 Å². The summed E-state index contributed by atoms with van der Waals surface area (Å²) in [5.41, 5.74) is 1.78. The number of hydrogen-bond acceptors (Lipinski definition) is 5. The molecule has 3 atom stereocenters. The number of furan rings is 1. The molecule has 2 heterocycles. The molecule has 0 unspecified atom stereocenters. The molecule has 5 nitrogen and oxygen atoms in total. The Kier molecular flexibility index (Phi) is 8.04. The van der Waals surface area contributed by atoms with Crippen LogP contribution in [0, 0.1) is 11.7 Å². The number of rotatable bonds is 10. The Labute approximate surface area is 206 Å². The number of halogens is 1. The highest BCUT2D eigenvalue weighted by Gasteiger charge is 2.34. The van der Waals surface area contributed by atoms with E-state index >= 15 is 0 Å². The number of carbonyl (C=O) groups excluding carboxylic acids is 1. The zero-order valence-corrected chi connectivity index (χ0v) is 20.6. The van der Waals surface area contributed by atoms with Crippen LogP contribution in [0.15, 0.2) is 71.3 Å². The Morgan fingerprint density at radius 1 is 1.11 bits per heavy atom. The van der Waals surface area contributed by atoms with E-state index in [-0.39, 0.29) is 23.1 Å². The normalized spacial score (nSPS) is 19.1. The van der Waals surface area contributed by atoms with Gasteiger partial charge in [0.05, 0.1) is 25.0 Å². The van der Waals surface area contributed by atoms with Gasteiger partial charge in [-0.3, -0.25) is 4.79 Å². The predicted octanol–water partition coefficient (Wildman–Crippen LogP) is 6.32. The number of methoxy groups -OCH3 is 1. The third-order valence-electron chi connectivity index (χ3n) is 6.88. The highest BCUT2D eigenvalue weighted by Crippen LogP contribution is 2.40. The van der Waals surface area contributed by atoms with E-state index in [4.69, 9.17) is 13.9 Å². The van der Waals surface area contributed by atoms with Crippen LogP contribution >= 0.6 is 0 Å². The number of ketones is 1. The van der Waals surface area contributed by atoms with Crippen LogP contribution in [0.5, 0.6) is 5.75 Å². The molecule has 3 aromatic rings. The molecule has 0 spiro atoms. The molecule has 1 saturated heterocycles. The van der Waals surface area contributed by atoms with Crippen LogP contribution < -0.4 is 10.1 Å². The van der Waals surface area contributed by atoms with Gasteiger partial charge >= 0.3 is 0 Å². The number of ether oxygens (including phenoxy) is 2. The first-order valence-electron chi connectivity index (χ1n) is 12.2. The van der Waals surface area contributed by atoms with Gasteiger partial charge in [0.1, 0.15) is 11.6 Å². The van der Waals surface area contributed by atoms with Crippen molar-refractivity contribution in [1.29, 1.82) is 0 Å². The van der Waals surface area contributed by atoms with Crippen LogP contribution in [0.4, 0.5) is 4.39 Å². The molecule has 6 heteroatoms. The van der Waals surface area contributed by atoms with Crippen LogP contribution in [0.25, 0.3) is 0 Å². The first kappa shape index (κ1) is 25.1. The molecule has 0 bridgehead atoms. The summed E-state index contributed by atoms with van der Waals surface area (Å²) in [5.74, 6) is 1.33. The van der Waals surface area contributed by atoms with Crippen molar-refractivity contribution in [3.05, 3.63) is 89.6 Å². The van der Waals surface area contributed by atoms with Gasteiger partial charge in [0.2, 0.25) is 5.78 Å². The molecule has 1 aliphatic heterocycles. The van der Waals surface area contributed by atoms with Crippen LogP contribution in [-0.2, 0) is 4.74 Å². The van der Waals surface area contributed by atoms with Crippen molar-refractivity contribution >= 4 is 5.78 Å². The second kappa shape index (κ2) is 11.2. The number of nitrogens with one attached hydrogen (secondary N) is 1. The molecule has 0 radical (unpaired) electrons. The molecule has 0 amide bonds. The zero-order valence-electron chi connectivity index (χ0n) is 20.6. The van der Waals surface area contributed by atoms with Gasteiger partial charge in [-0.25, -0.2) is 4.39 Å². The van der Waals surface area contributed by atoms with E-state index in [1.807, 2.05) is 36.4 Å². The first-order chi connectivity index (χ1) is 16.9. The number of Topliss-reactive ketones (excluding diaryl/α,β-unsaturated/α-hetero) is 1. The van der Waals surface area contributed by atoms with E-state index in [1.54, 1.807) is 19.2 Å². The van der Waals surface area contributed by atoms with E-state index in [0.717, 1.165) is 36.1 Å². The second-order valence-electron chi connectivity index (χ2n) is 9.81. The molecule has 1 N–H and O–H groups in total. The van der Waals surface area contributed by atoms with Gasteiger partial charge in [-0.15, -0.1) is 0 Å². The molecule has 1 aromatic heterocycles. The first-order valence-corrected chi connectivity index (χ1v) is 12.2. The highest BCUT2D eigenvalue weighted by molar-refractivity contribution is 5.98. The van der Waals surface area contributed by atoms with Crippen LogP contribution in [-0.4, -0.2) is 31.6 Å². The standard InChI is InChI=1S/C29H34FNO4/c1-29(2)19-22(15-18-35-29)25(20-6-10-23(30)11-7-20)14-16-31-27(28(32)26-5-4-17-34-26)21-8-12-24(33-3)13-9-21/h4-13,17,22,25,27,31H,14-16,18-19H2,1-3H3/t22-,25-,27-/m1/s1. The van der Waals surface area contributed by atoms with Crippen LogP contribution in [0.3, 0.4) is 0 Å². The van der Waals surface area contributed by atoms with Gasteiger partial charge in [0.25, 0.3) is 0 Å². The molecule has 1 fully saturated rings. The third kappa shape index (κ3) is 6.38. The summed E-state index contributed by atoms with van der Waals surface area (Å²) in [6.45, 7) is 5.58. The third-order valence-corrected chi connectivity index (χ3v) is 6.88. The molecular weight excluding hydrogens is 445 g/mol. The minimum Gasteiger partial charge on any atom is -0.497 e. The van der Waals surface area contributed by atoms with Crippen LogP contribution in [0.2, 0.25) is 0 Å². The van der Waals surface area contributed by atoms with Crippen molar-refractivity contribution in [3.8, 4) is 5.75 Å². The number of carbonyl (C=O) groups is 1. The van der Waals surface area contributed by atoms with Gasteiger partial charge in [0, 0.05) is 6.61 Å². The van der Waals surface area contributed by atoms with E-state index in [0.29, 0.717) is 24.8 Å². The number of hydrogen-bond donors (Lipinski definition) is 1. The fraction of sp³-hybridized carbons (Fsp3) is 0.414. The SMILES string of the molecule is COc1ccc([C@@H](NCC[C@H](c2ccc(F)cc2)[C@@H]2CCOC(C)(C)C2)C(=O)c2ccco2)cc1. The topological polar surface area (TPSA) is 60.7 Å². The smallest absolute Gasteiger partial charge is 0.219 e. The van der Waals surface area contributed by atoms with E-state index < -0.39 is 6.04 Å².